The summed E-state index contributed by atoms with van der Waals surface area (Å²) in [5.41, 5.74) is 2.31. The molecule has 3 aromatic carbocycles. The van der Waals surface area contributed by atoms with E-state index in [4.69, 9.17) is 9.47 Å². The van der Waals surface area contributed by atoms with Gasteiger partial charge in [0.15, 0.2) is 0 Å². The van der Waals surface area contributed by atoms with Crippen LogP contribution in [0.15, 0.2) is 78.9 Å². The Kier molecular flexibility index (Phi) is 6.01. The van der Waals surface area contributed by atoms with Crippen molar-refractivity contribution in [2.24, 2.45) is 0 Å². The molecule has 0 fully saturated rings. The molecule has 0 N–H and O–H groups in total. The summed E-state index contributed by atoms with van der Waals surface area (Å²) in [6.07, 6.45) is 0. The molecule has 0 unspecified atom stereocenters. The van der Waals surface area contributed by atoms with Gasteiger partial charge in [-0.3, -0.25) is 0 Å². The van der Waals surface area contributed by atoms with Gasteiger partial charge in [-0.2, -0.15) is 0 Å². The molecule has 0 aliphatic heterocycles. The van der Waals surface area contributed by atoms with Crippen LogP contribution in [0.25, 0.3) is 0 Å². The van der Waals surface area contributed by atoms with Gasteiger partial charge in [0.1, 0.15) is 0 Å². The fraction of sp³-hybridized carbons (Fsp3) is 0.130. The predicted molar refractivity (Wildman–Crippen MR) is 112 cm³/mol. The molecule has 0 aliphatic carbocycles. The first kappa shape index (κ1) is 19.9. The van der Waals surface area contributed by atoms with E-state index in [9.17, 15) is 9.59 Å². The zero-order valence-corrected chi connectivity index (χ0v) is 18.0. The summed E-state index contributed by atoms with van der Waals surface area (Å²) in [4.78, 5) is 22.4. The molecule has 0 spiro atoms. The fourth-order valence-electron chi connectivity index (χ4n) is 3.13. The molecule has 3 rings (SSSR count). The number of hydrogen-bond acceptors (Lipinski definition) is 4. The zero-order chi connectivity index (χ0) is 20.1. The van der Waals surface area contributed by atoms with E-state index in [2.05, 4.69) is 30.0 Å². The Hall–Kier alpha value is -2.84. The van der Waals surface area contributed by atoms with Crippen molar-refractivity contribution in [3.8, 4) is 11.5 Å². The number of ether oxygens (including phenoxy) is 2. The van der Waals surface area contributed by atoms with Gasteiger partial charge in [0, 0.05) is 0 Å². The normalized spacial score (nSPS) is 11.0. The van der Waals surface area contributed by atoms with Crippen LogP contribution in [-0.2, 0) is 9.59 Å². The second-order valence-corrected chi connectivity index (χ2v) is 14.0. The van der Waals surface area contributed by atoms with E-state index in [0.717, 1.165) is 0 Å². The van der Waals surface area contributed by atoms with Crippen LogP contribution in [0.2, 0.25) is 5.71 Å². The third kappa shape index (κ3) is 4.34. The second-order valence-electron chi connectivity index (χ2n) is 6.52. The molecule has 28 heavy (non-hydrogen) atoms. The minimum absolute atomic E-state index is 0.334. The van der Waals surface area contributed by atoms with Crippen LogP contribution >= 0.6 is 0 Å². The van der Waals surface area contributed by atoms with Crippen LogP contribution in [0.3, 0.4) is 0 Å². The summed E-state index contributed by atoms with van der Waals surface area (Å²) in [5, 5.41) is 0. The van der Waals surface area contributed by atoms with Crippen molar-refractivity contribution in [1.82, 2.24) is 0 Å². The Bertz CT molecular complexity index is 904. The Morgan fingerprint density at radius 3 is 1.32 bits per heavy atom. The van der Waals surface area contributed by atoms with Crippen molar-refractivity contribution >= 4 is 38.5 Å². The van der Waals surface area contributed by atoms with E-state index in [0.29, 0.717) is 11.5 Å². The van der Waals surface area contributed by atoms with Gasteiger partial charge in [0.05, 0.1) is 0 Å². The molecule has 0 heterocycles. The molecule has 0 aliphatic rings. The summed E-state index contributed by atoms with van der Waals surface area (Å²) in [6.45, 7) is 2.78. The van der Waals surface area contributed by atoms with Crippen molar-refractivity contribution in [2.45, 2.75) is 19.6 Å². The predicted octanol–water partition coefficient (Wildman–Crippen LogP) is 2.64. The number of esters is 2. The van der Waals surface area contributed by atoms with Crippen molar-refractivity contribution in [2.75, 3.05) is 0 Å². The first-order valence-corrected chi connectivity index (χ1v) is 13.6. The topological polar surface area (TPSA) is 52.6 Å². The number of hydrogen-bond donors (Lipinski definition) is 0. The molecule has 0 bridgehead atoms. The van der Waals surface area contributed by atoms with E-state index in [1.807, 2.05) is 54.6 Å². The average molecular weight is 437 g/mol. The van der Waals surface area contributed by atoms with Crippen molar-refractivity contribution in [3.05, 3.63) is 78.9 Å². The van der Waals surface area contributed by atoms with Gasteiger partial charge in [-0.05, 0) is 0 Å². The van der Waals surface area contributed by atoms with Gasteiger partial charge < -0.3 is 0 Å². The second kappa shape index (κ2) is 8.45. The molecule has 0 saturated heterocycles. The van der Waals surface area contributed by atoms with Gasteiger partial charge in [-0.25, -0.2) is 0 Å². The molecule has 142 valence electrons. The SMILES string of the molecule is CC(=O)Oc1ccc([As+](C)(c2ccccc2)c2ccc(OC(C)=O)cc2)cc1. The molecule has 0 aromatic heterocycles. The molecule has 0 radical (unpaired) electrons. The minimum atomic E-state index is -2.72. The average Bonchev–Trinajstić information content (AvgIpc) is 2.68. The zero-order valence-electron chi connectivity index (χ0n) is 16.1. The molecule has 5 heteroatoms. The maximum atomic E-state index is 11.2. The molecule has 0 amide bonds. The van der Waals surface area contributed by atoms with Crippen LogP contribution in [0.5, 0.6) is 11.5 Å². The van der Waals surface area contributed by atoms with Crippen LogP contribution in [-0.4, -0.2) is 25.5 Å². The molecule has 3 aromatic rings. The molecular formula is C23H22AsO4+. The monoisotopic (exact) mass is 437 g/mol. The first-order chi connectivity index (χ1) is 13.4. The quantitative estimate of drug-likeness (QED) is 0.350. The Morgan fingerprint density at radius 1 is 0.607 bits per heavy atom. The third-order valence-corrected chi connectivity index (χ3v) is 12.9. The number of rotatable bonds is 5. The summed E-state index contributed by atoms with van der Waals surface area (Å²) < 4.78 is 14.1. The first-order valence-electron chi connectivity index (χ1n) is 8.90. The van der Waals surface area contributed by atoms with E-state index < -0.39 is 13.6 Å². The van der Waals surface area contributed by atoms with Crippen LogP contribution < -0.4 is 22.5 Å². The van der Waals surface area contributed by atoms with E-state index in [1.165, 1.54) is 26.9 Å². The summed E-state index contributed by atoms with van der Waals surface area (Å²) >= 11 is -2.72. The van der Waals surface area contributed by atoms with Crippen LogP contribution in [0.4, 0.5) is 0 Å². The van der Waals surface area contributed by atoms with E-state index >= 15 is 0 Å². The van der Waals surface area contributed by atoms with Gasteiger partial charge in [-0.15, -0.1) is 0 Å². The van der Waals surface area contributed by atoms with Gasteiger partial charge >= 0.3 is 168 Å². The molecule has 4 nitrogen and oxygen atoms in total. The molecular weight excluding hydrogens is 415 g/mol. The third-order valence-electron chi connectivity index (χ3n) is 4.50. The number of carbonyl (C=O) groups is 2. The number of benzene rings is 3. The summed E-state index contributed by atoms with van der Waals surface area (Å²) in [7, 11) is 0. The molecule has 0 atom stereocenters. The van der Waals surface area contributed by atoms with Crippen LogP contribution in [0, 0.1) is 0 Å². The van der Waals surface area contributed by atoms with Crippen molar-refractivity contribution < 1.29 is 19.1 Å². The van der Waals surface area contributed by atoms with Gasteiger partial charge in [0.2, 0.25) is 0 Å². The summed E-state index contributed by atoms with van der Waals surface area (Å²) in [6, 6.07) is 26.0. The van der Waals surface area contributed by atoms with Gasteiger partial charge in [0.25, 0.3) is 0 Å². The maximum absolute atomic E-state index is 11.2. The van der Waals surface area contributed by atoms with E-state index in [-0.39, 0.29) is 11.9 Å². The summed E-state index contributed by atoms with van der Waals surface area (Å²) in [5.74, 6) is 0.410. The van der Waals surface area contributed by atoms with Crippen molar-refractivity contribution in [1.29, 1.82) is 0 Å². The van der Waals surface area contributed by atoms with Crippen LogP contribution in [0.1, 0.15) is 13.8 Å². The van der Waals surface area contributed by atoms with Gasteiger partial charge in [-0.1, -0.05) is 0 Å². The van der Waals surface area contributed by atoms with Crippen molar-refractivity contribution in [3.63, 3.8) is 0 Å². The fourth-order valence-corrected chi connectivity index (χ4v) is 9.75. The standard InChI is InChI=1S/C23H22AsO4/c1-17(25)27-22-13-9-20(10-14-22)24(3,19-7-5-4-6-8-19)21-11-15-23(16-12-21)28-18(2)26/h4-16H,1-3H3/q+1. The Morgan fingerprint density at radius 2 is 0.964 bits per heavy atom. The Balaban J connectivity index is 2.06. The Labute approximate surface area is 167 Å². The van der Waals surface area contributed by atoms with E-state index in [1.54, 1.807) is 0 Å². The number of carbonyl (C=O) groups excluding carboxylic acids is 2. The molecule has 0 saturated carbocycles.